The number of nitrogens with one attached hydrogen (secondary N) is 3. The Balaban J connectivity index is 1.47. The summed E-state index contributed by atoms with van der Waals surface area (Å²) in [6, 6.07) is 41.1. The van der Waals surface area contributed by atoms with E-state index in [-0.39, 0.29) is 17.8 Å². The highest BCUT2D eigenvalue weighted by atomic mass is 16.5. The molecule has 0 aliphatic heterocycles. The monoisotopic (exact) mass is 570 g/mol. The molecule has 7 nitrogen and oxygen atoms in total. The molecule has 5 aromatic rings. The van der Waals surface area contributed by atoms with E-state index in [2.05, 4.69) is 10.6 Å². The smallest absolute Gasteiger partial charge is 0.247 e. The lowest BCUT2D eigenvalue weighted by Gasteiger charge is -2.26. The average molecular weight is 571 g/mol. The Morgan fingerprint density at radius 3 is 1.88 bits per heavy atom. The first kappa shape index (κ1) is 29.0. The van der Waals surface area contributed by atoms with Crippen LogP contribution in [0.3, 0.4) is 0 Å². The summed E-state index contributed by atoms with van der Waals surface area (Å²) in [6.07, 6.45) is 0. The lowest BCUT2D eigenvalue weighted by atomic mass is 9.97. The van der Waals surface area contributed by atoms with Gasteiger partial charge in [0.2, 0.25) is 5.91 Å². The quantitative estimate of drug-likeness (QED) is 0.0996. The summed E-state index contributed by atoms with van der Waals surface area (Å²) in [6.45, 7) is 0.386. The van der Waals surface area contributed by atoms with Crippen LogP contribution >= 0.6 is 0 Å². The molecule has 0 aliphatic carbocycles. The molecular weight excluding hydrogens is 536 g/mol. The molecule has 5 N–H and O–H groups in total. The second-order valence-corrected chi connectivity index (χ2v) is 10.0. The normalized spacial score (nSPS) is 11.4. The standard InChI is InChI=1S/C36H34N4O3/c1-42-32-23-29(19-22-31(32)43-24-25-11-5-2-6-12-25)34(39-30-20-17-28(18-21-30)35(37)38)36(41)40-33(26-13-7-3-8-14-26)27-15-9-4-10-16-27/h2-23,33-34,39H,24H2,1H3,(H3,37,38)(H,40,41)/t34-/m0/s1. The van der Waals surface area contributed by atoms with Crippen LogP contribution in [0.25, 0.3) is 0 Å². The van der Waals surface area contributed by atoms with Crippen LogP contribution in [0.15, 0.2) is 133 Å². The second-order valence-electron chi connectivity index (χ2n) is 10.0. The van der Waals surface area contributed by atoms with E-state index >= 15 is 0 Å². The first-order chi connectivity index (χ1) is 21.0. The third-order valence-electron chi connectivity index (χ3n) is 7.08. The maximum absolute atomic E-state index is 14.2. The summed E-state index contributed by atoms with van der Waals surface area (Å²) in [5.41, 5.74) is 10.6. The molecule has 0 aromatic heterocycles. The zero-order chi connectivity index (χ0) is 30.0. The zero-order valence-corrected chi connectivity index (χ0v) is 23.9. The number of nitrogen functional groups attached to an aromatic ring is 1. The van der Waals surface area contributed by atoms with E-state index in [0.717, 1.165) is 16.7 Å². The summed E-state index contributed by atoms with van der Waals surface area (Å²) in [7, 11) is 1.58. The molecule has 1 atom stereocenters. The molecule has 0 saturated heterocycles. The highest BCUT2D eigenvalue weighted by Crippen LogP contribution is 2.33. The van der Waals surface area contributed by atoms with E-state index < -0.39 is 6.04 Å². The minimum Gasteiger partial charge on any atom is -0.493 e. The third kappa shape index (κ3) is 7.40. The van der Waals surface area contributed by atoms with Gasteiger partial charge in [0.05, 0.1) is 13.2 Å². The number of rotatable bonds is 12. The van der Waals surface area contributed by atoms with E-state index in [1.54, 1.807) is 31.4 Å². The van der Waals surface area contributed by atoms with Crippen molar-refractivity contribution in [1.82, 2.24) is 5.32 Å². The van der Waals surface area contributed by atoms with E-state index in [1.165, 1.54) is 0 Å². The number of nitrogens with two attached hydrogens (primary N) is 1. The Hall–Kier alpha value is -5.56. The molecule has 0 spiro atoms. The van der Waals surface area contributed by atoms with E-state index in [1.807, 2.05) is 109 Å². The Bertz CT molecular complexity index is 1600. The van der Waals surface area contributed by atoms with Crippen molar-refractivity contribution in [3.63, 3.8) is 0 Å². The highest BCUT2D eigenvalue weighted by molar-refractivity contribution is 5.95. The number of anilines is 1. The number of hydrogen-bond donors (Lipinski definition) is 4. The van der Waals surface area contributed by atoms with Gasteiger partial charge in [0.15, 0.2) is 11.5 Å². The number of methoxy groups -OCH3 is 1. The van der Waals surface area contributed by atoms with Crippen LogP contribution in [0.1, 0.15) is 39.9 Å². The van der Waals surface area contributed by atoms with Gasteiger partial charge in [-0.1, -0.05) is 97.1 Å². The molecule has 0 aliphatic rings. The summed E-state index contributed by atoms with van der Waals surface area (Å²) in [4.78, 5) is 14.2. The van der Waals surface area contributed by atoms with Gasteiger partial charge in [0.1, 0.15) is 18.5 Å². The van der Waals surface area contributed by atoms with Gasteiger partial charge in [0, 0.05) is 11.3 Å². The molecule has 7 heteroatoms. The number of hydrogen-bond acceptors (Lipinski definition) is 5. The Morgan fingerprint density at radius 1 is 0.744 bits per heavy atom. The van der Waals surface area contributed by atoms with Crippen molar-refractivity contribution in [3.05, 3.63) is 161 Å². The fraction of sp³-hybridized carbons (Fsp3) is 0.111. The first-order valence-electron chi connectivity index (χ1n) is 14.0. The van der Waals surface area contributed by atoms with E-state index in [4.69, 9.17) is 20.6 Å². The average Bonchev–Trinajstić information content (AvgIpc) is 3.06. The number of amides is 1. The van der Waals surface area contributed by atoms with Crippen LogP contribution in [0, 0.1) is 5.41 Å². The molecule has 216 valence electrons. The Morgan fingerprint density at radius 2 is 1.33 bits per heavy atom. The van der Waals surface area contributed by atoms with Crippen molar-refractivity contribution in [2.24, 2.45) is 5.73 Å². The molecule has 43 heavy (non-hydrogen) atoms. The van der Waals surface area contributed by atoms with Crippen molar-refractivity contribution in [1.29, 1.82) is 5.41 Å². The van der Waals surface area contributed by atoms with Crippen molar-refractivity contribution < 1.29 is 14.3 Å². The van der Waals surface area contributed by atoms with Gasteiger partial charge in [-0.05, 0) is 58.7 Å². The lowest BCUT2D eigenvalue weighted by molar-refractivity contribution is -0.122. The molecular formula is C36H34N4O3. The predicted molar refractivity (Wildman–Crippen MR) is 170 cm³/mol. The van der Waals surface area contributed by atoms with Crippen LogP contribution < -0.4 is 25.8 Å². The van der Waals surface area contributed by atoms with Crippen molar-refractivity contribution in [2.45, 2.75) is 18.7 Å². The topological polar surface area (TPSA) is 109 Å². The molecule has 0 saturated carbocycles. The van der Waals surface area contributed by atoms with Gasteiger partial charge in [-0.15, -0.1) is 0 Å². The van der Waals surface area contributed by atoms with Gasteiger partial charge < -0.3 is 25.8 Å². The number of carbonyl (C=O) groups excluding carboxylic acids is 1. The van der Waals surface area contributed by atoms with Crippen molar-refractivity contribution in [3.8, 4) is 11.5 Å². The van der Waals surface area contributed by atoms with Gasteiger partial charge >= 0.3 is 0 Å². The minimum absolute atomic E-state index is 0.0229. The van der Waals surface area contributed by atoms with Gasteiger partial charge in [0.25, 0.3) is 0 Å². The molecule has 1 amide bonds. The molecule has 5 rings (SSSR count). The lowest BCUT2D eigenvalue weighted by Crippen LogP contribution is -2.36. The predicted octanol–water partition coefficient (Wildman–Crippen LogP) is 6.62. The summed E-state index contributed by atoms with van der Waals surface area (Å²) in [5.74, 6) is 0.840. The highest BCUT2D eigenvalue weighted by Gasteiger charge is 2.26. The summed E-state index contributed by atoms with van der Waals surface area (Å²) in [5, 5.41) is 14.4. The minimum atomic E-state index is -0.782. The number of ether oxygens (including phenoxy) is 2. The van der Waals surface area contributed by atoms with Gasteiger partial charge in [-0.25, -0.2) is 0 Å². The fourth-order valence-electron chi connectivity index (χ4n) is 4.81. The largest absolute Gasteiger partial charge is 0.493 e. The number of benzene rings is 5. The van der Waals surface area contributed by atoms with Crippen molar-refractivity contribution in [2.75, 3.05) is 12.4 Å². The molecule has 5 aromatic carbocycles. The van der Waals surface area contributed by atoms with E-state index in [9.17, 15) is 4.79 Å². The number of amidine groups is 1. The summed E-state index contributed by atoms with van der Waals surface area (Å²) >= 11 is 0. The second kappa shape index (κ2) is 13.9. The molecule has 0 bridgehead atoms. The van der Waals surface area contributed by atoms with Crippen LogP contribution in [-0.2, 0) is 11.4 Å². The third-order valence-corrected chi connectivity index (χ3v) is 7.08. The molecule has 0 unspecified atom stereocenters. The molecule has 0 radical (unpaired) electrons. The number of carbonyl (C=O) groups is 1. The fourth-order valence-corrected chi connectivity index (χ4v) is 4.81. The Kier molecular flexibility index (Phi) is 9.34. The SMILES string of the molecule is COc1cc([C@H](Nc2ccc(C(=N)N)cc2)C(=O)NC(c2ccccc2)c2ccccc2)ccc1OCc1ccccc1. The molecule has 0 heterocycles. The van der Waals surface area contributed by atoms with E-state index in [0.29, 0.717) is 34.9 Å². The maximum atomic E-state index is 14.2. The van der Waals surface area contributed by atoms with Gasteiger partial charge in [-0.2, -0.15) is 0 Å². The maximum Gasteiger partial charge on any atom is 0.247 e. The summed E-state index contributed by atoms with van der Waals surface area (Å²) < 4.78 is 11.8. The first-order valence-corrected chi connectivity index (χ1v) is 14.0. The van der Waals surface area contributed by atoms with Crippen LogP contribution in [0.4, 0.5) is 5.69 Å². The van der Waals surface area contributed by atoms with Crippen molar-refractivity contribution >= 4 is 17.4 Å². The zero-order valence-electron chi connectivity index (χ0n) is 23.9. The Labute approximate surface area is 251 Å². The molecule has 0 fully saturated rings. The van der Waals surface area contributed by atoms with Gasteiger partial charge in [-0.3, -0.25) is 10.2 Å². The van der Waals surface area contributed by atoms with Crippen LogP contribution in [0.2, 0.25) is 0 Å². The van der Waals surface area contributed by atoms with Crippen LogP contribution in [-0.4, -0.2) is 18.9 Å². The van der Waals surface area contributed by atoms with Crippen LogP contribution in [0.5, 0.6) is 11.5 Å².